The lowest BCUT2D eigenvalue weighted by atomic mass is 9.97. The van der Waals surface area contributed by atoms with E-state index in [0.29, 0.717) is 31.5 Å². The monoisotopic (exact) mass is 653 g/mol. The Morgan fingerprint density at radius 3 is 1.92 bits per heavy atom. The van der Waals surface area contributed by atoms with Crippen molar-refractivity contribution in [3.05, 3.63) is 162 Å². The largest absolute Gasteiger partial charge is 0.354 e. The predicted octanol–water partition coefficient (Wildman–Crippen LogP) is 5.32. The van der Waals surface area contributed by atoms with Crippen molar-refractivity contribution in [1.82, 2.24) is 20.1 Å². The van der Waals surface area contributed by atoms with Crippen LogP contribution < -0.4 is 11.1 Å². The maximum absolute atomic E-state index is 14.6. The molecule has 0 aliphatic heterocycles. The van der Waals surface area contributed by atoms with E-state index in [0.717, 1.165) is 33.4 Å². The minimum atomic E-state index is -0.885. The highest BCUT2D eigenvalue weighted by Crippen LogP contribution is 2.22. The smallest absolute Gasteiger partial charge is 0.254 e. The topological polar surface area (TPSA) is 109 Å². The van der Waals surface area contributed by atoms with E-state index in [4.69, 9.17) is 5.73 Å². The third-order valence-corrected chi connectivity index (χ3v) is 8.82. The fourth-order valence-electron chi connectivity index (χ4n) is 5.88. The zero-order valence-electron chi connectivity index (χ0n) is 28.0. The Balaban J connectivity index is 1.42. The quantitative estimate of drug-likeness (QED) is 0.169. The summed E-state index contributed by atoms with van der Waals surface area (Å²) in [6, 6.07) is 37.0. The Labute approximate surface area is 288 Å². The van der Waals surface area contributed by atoms with E-state index in [2.05, 4.69) is 10.3 Å². The van der Waals surface area contributed by atoms with Crippen LogP contribution in [0.3, 0.4) is 0 Å². The number of pyridine rings is 1. The molecule has 3 N–H and O–H groups in total. The van der Waals surface area contributed by atoms with Gasteiger partial charge in [-0.3, -0.25) is 19.4 Å². The third-order valence-electron chi connectivity index (χ3n) is 8.82. The molecule has 0 aliphatic rings. The summed E-state index contributed by atoms with van der Waals surface area (Å²) in [4.78, 5) is 49.4. The first-order chi connectivity index (χ1) is 23.8. The van der Waals surface area contributed by atoms with Crippen LogP contribution in [-0.4, -0.2) is 65.2 Å². The van der Waals surface area contributed by atoms with E-state index in [9.17, 15) is 14.4 Å². The Morgan fingerprint density at radius 2 is 1.24 bits per heavy atom. The molecule has 0 unspecified atom stereocenters. The summed E-state index contributed by atoms with van der Waals surface area (Å²) >= 11 is 0. The van der Waals surface area contributed by atoms with Crippen LogP contribution in [0.4, 0.5) is 0 Å². The number of likely N-dealkylation sites (N-methyl/N-ethyl adjacent to an activating group) is 2. The fraction of sp³-hybridized carbons (Fsp3) is 0.220. The van der Waals surface area contributed by atoms with Gasteiger partial charge in [-0.25, -0.2) is 0 Å². The number of carbonyl (C=O) groups is 3. The first-order valence-corrected chi connectivity index (χ1v) is 16.5. The van der Waals surface area contributed by atoms with Crippen LogP contribution in [0.25, 0.3) is 11.1 Å². The number of hydrogen-bond donors (Lipinski definition) is 2. The molecule has 8 heteroatoms. The van der Waals surface area contributed by atoms with Crippen molar-refractivity contribution in [1.29, 1.82) is 0 Å². The van der Waals surface area contributed by atoms with E-state index in [1.165, 1.54) is 9.80 Å². The Bertz CT molecular complexity index is 1820. The van der Waals surface area contributed by atoms with Gasteiger partial charge in [0.15, 0.2) is 0 Å². The predicted molar refractivity (Wildman–Crippen MR) is 193 cm³/mol. The molecule has 0 radical (unpaired) electrons. The molecule has 0 saturated carbocycles. The van der Waals surface area contributed by atoms with E-state index in [1.54, 1.807) is 44.7 Å². The summed E-state index contributed by atoms with van der Waals surface area (Å²) in [7, 11) is 3.30. The lowest BCUT2D eigenvalue weighted by Crippen LogP contribution is -2.56. The van der Waals surface area contributed by atoms with Crippen molar-refractivity contribution >= 4 is 17.7 Å². The lowest BCUT2D eigenvalue weighted by Gasteiger charge is -2.35. The van der Waals surface area contributed by atoms with Gasteiger partial charge in [-0.15, -0.1) is 0 Å². The summed E-state index contributed by atoms with van der Waals surface area (Å²) in [6.45, 7) is 0.699. The van der Waals surface area contributed by atoms with Gasteiger partial charge in [0.05, 0.1) is 0 Å². The third kappa shape index (κ3) is 9.27. The van der Waals surface area contributed by atoms with Gasteiger partial charge >= 0.3 is 0 Å². The highest BCUT2D eigenvalue weighted by molar-refractivity contribution is 5.98. The van der Waals surface area contributed by atoms with Crippen LogP contribution in [0, 0.1) is 0 Å². The van der Waals surface area contributed by atoms with Gasteiger partial charge in [-0.05, 0) is 64.1 Å². The Hall–Kier alpha value is -5.60. The molecule has 250 valence electrons. The molecule has 0 aliphatic carbocycles. The molecule has 2 atom stereocenters. The van der Waals surface area contributed by atoms with E-state index in [1.807, 2.05) is 103 Å². The molecule has 1 heterocycles. The number of nitrogens with two attached hydrogens (primary N) is 1. The number of aromatic nitrogens is 1. The van der Waals surface area contributed by atoms with Crippen LogP contribution in [0.15, 0.2) is 134 Å². The molecule has 0 fully saturated rings. The molecule has 49 heavy (non-hydrogen) atoms. The number of carbonyl (C=O) groups excluding carboxylic acids is 3. The maximum Gasteiger partial charge on any atom is 0.254 e. The van der Waals surface area contributed by atoms with Crippen LogP contribution in [0.1, 0.15) is 32.6 Å². The molecule has 8 nitrogen and oxygen atoms in total. The average molecular weight is 654 g/mol. The van der Waals surface area contributed by atoms with Crippen molar-refractivity contribution in [3.8, 4) is 11.1 Å². The highest BCUT2D eigenvalue weighted by atomic mass is 16.2. The second-order valence-corrected chi connectivity index (χ2v) is 12.2. The molecule has 0 saturated heterocycles. The van der Waals surface area contributed by atoms with Gasteiger partial charge in [0.25, 0.3) is 5.91 Å². The zero-order valence-corrected chi connectivity index (χ0v) is 28.0. The van der Waals surface area contributed by atoms with Crippen molar-refractivity contribution in [2.75, 3.05) is 20.6 Å². The van der Waals surface area contributed by atoms with Gasteiger partial charge in [0.1, 0.15) is 12.1 Å². The number of nitrogens with zero attached hydrogens (tertiary/aromatic N) is 3. The number of benzene rings is 4. The first-order valence-electron chi connectivity index (χ1n) is 16.5. The van der Waals surface area contributed by atoms with Gasteiger partial charge in [-0.2, -0.15) is 0 Å². The molecular formula is C41H43N5O3. The number of hydrogen-bond acceptors (Lipinski definition) is 5. The molecule has 5 aromatic rings. The molecule has 1 aromatic heterocycles. The molecule has 0 spiro atoms. The Morgan fingerprint density at radius 1 is 0.653 bits per heavy atom. The van der Waals surface area contributed by atoms with Crippen LogP contribution >= 0.6 is 0 Å². The fourth-order valence-corrected chi connectivity index (χ4v) is 5.88. The summed E-state index contributed by atoms with van der Waals surface area (Å²) < 4.78 is 0. The normalized spacial score (nSPS) is 12.1. The minimum Gasteiger partial charge on any atom is -0.354 e. The standard InChI is InChI=1S/C41H43N5O3/c1-45(37(27-31-10-5-3-6-11-31)39(47)44-25-22-30-20-23-43-24-21-30)41(49)38(46(2)40(48)36-15-9-12-33(26-36)29-42)28-32-16-18-35(19-17-32)34-13-7-4-8-14-34/h3-21,23-24,26,37-38H,22,25,27-29,42H2,1-2H3,(H,44,47)/t37-,38-/m1/s1. The molecule has 4 aromatic carbocycles. The van der Waals surface area contributed by atoms with Gasteiger partial charge in [-0.1, -0.05) is 97.1 Å². The number of nitrogens with one attached hydrogen (secondary N) is 1. The summed E-state index contributed by atoms with van der Waals surface area (Å²) in [5.41, 5.74) is 12.1. The maximum atomic E-state index is 14.6. The Kier molecular flexibility index (Phi) is 12.0. The SMILES string of the molecule is CN(C(=O)c1cccc(CN)c1)[C@H](Cc1ccc(-c2ccccc2)cc1)C(=O)N(C)[C@H](Cc1ccccc1)C(=O)NCCc1ccncc1. The highest BCUT2D eigenvalue weighted by Gasteiger charge is 2.35. The second-order valence-electron chi connectivity index (χ2n) is 12.2. The van der Waals surface area contributed by atoms with Crippen molar-refractivity contribution in [2.45, 2.75) is 37.9 Å². The lowest BCUT2D eigenvalue weighted by molar-refractivity contribution is -0.142. The summed E-state index contributed by atoms with van der Waals surface area (Å²) in [6.07, 6.45) is 4.66. The van der Waals surface area contributed by atoms with E-state index < -0.39 is 12.1 Å². The van der Waals surface area contributed by atoms with E-state index >= 15 is 0 Å². The second kappa shape index (κ2) is 17.0. The minimum absolute atomic E-state index is 0.260. The van der Waals surface area contributed by atoms with Crippen molar-refractivity contribution < 1.29 is 14.4 Å². The number of rotatable bonds is 14. The van der Waals surface area contributed by atoms with Gasteiger partial charge < -0.3 is 20.9 Å². The summed E-state index contributed by atoms with van der Waals surface area (Å²) in [5, 5.41) is 3.04. The van der Waals surface area contributed by atoms with Gasteiger partial charge in [0, 0.05) is 58.0 Å². The van der Waals surface area contributed by atoms with Gasteiger partial charge in [0.2, 0.25) is 11.8 Å². The van der Waals surface area contributed by atoms with Crippen LogP contribution in [-0.2, 0) is 35.4 Å². The molecule has 0 bridgehead atoms. The van der Waals surface area contributed by atoms with E-state index in [-0.39, 0.29) is 24.1 Å². The van der Waals surface area contributed by atoms with Crippen molar-refractivity contribution in [2.24, 2.45) is 5.73 Å². The van der Waals surface area contributed by atoms with Crippen LogP contribution in [0.5, 0.6) is 0 Å². The average Bonchev–Trinajstić information content (AvgIpc) is 3.16. The van der Waals surface area contributed by atoms with Crippen LogP contribution in [0.2, 0.25) is 0 Å². The molecule has 3 amide bonds. The zero-order chi connectivity index (χ0) is 34.6. The molecule has 5 rings (SSSR count). The first kappa shape index (κ1) is 34.7. The number of amides is 3. The van der Waals surface area contributed by atoms with Crippen molar-refractivity contribution in [3.63, 3.8) is 0 Å². The molecular weight excluding hydrogens is 610 g/mol. The summed E-state index contributed by atoms with van der Waals surface area (Å²) in [5.74, 6) is -0.892.